The number of aliphatic hydroxyl groups excluding tert-OH is 1. The van der Waals surface area contributed by atoms with E-state index in [9.17, 15) is 9.90 Å². The van der Waals surface area contributed by atoms with E-state index < -0.39 is 0 Å². The number of carbonyl (C=O) groups excluding carboxylic acids is 1. The van der Waals surface area contributed by atoms with Crippen LogP contribution in [0.25, 0.3) is 0 Å². The number of amides is 1. The van der Waals surface area contributed by atoms with Gasteiger partial charge in [-0.25, -0.2) is 0 Å². The SMILES string of the molecule is Cc1cc([C@H](C)C(=O)N2CCN([C@@H]3CCC[C@H]3O)CC2)c(C)o1. The second kappa shape index (κ2) is 6.65. The molecule has 0 aromatic carbocycles. The molecule has 3 atom stereocenters. The fourth-order valence-electron chi connectivity index (χ4n) is 4.11. The highest BCUT2D eigenvalue weighted by atomic mass is 16.3. The van der Waals surface area contributed by atoms with E-state index in [0.29, 0.717) is 6.04 Å². The van der Waals surface area contributed by atoms with Crippen LogP contribution in [0.2, 0.25) is 0 Å². The Bertz CT molecular complexity index is 561. The van der Waals surface area contributed by atoms with E-state index >= 15 is 0 Å². The molecule has 1 aromatic heterocycles. The molecule has 2 fully saturated rings. The van der Waals surface area contributed by atoms with Crippen molar-refractivity contribution in [2.75, 3.05) is 26.2 Å². The van der Waals surface area contributed by atoms with Crippen LogP contribution in [0.3, 0.4) is 0 Å². The summed E-state index contributed by atoms with van der Waals surface area (Å²) in [6.45, 7) is 9.04. The van der Waals surface area contributed by atoms with E-state index in [0.717, 1.165) is 62.5 Å². The molecule has 1 saturated carbocycles. The zero-order valence-corrected chi connectivity index (χ0v) is 14.4. The van der Waals surface area contributed by atoms with Crippen LogP contribution < -0.4 is 0 Å². The number of hydrogen-bond donors (Lipinski definition) is 1. The topological polar surface area (TPSA) is 56.9 Å². The van der Waals surface area contributed by atoms with Crippen LogP contribution in [-0.4, -0.2) is 59.1 Å². The lowest BCUT2D eigenvalue weighted by Crippen LogP contribution is -2.54. The van der Waals surface area contributed by atoms with E-state index in [1.54, 1.807) is 0 Å². The minimum absolute atomic E-state index is 0.156. The highest BCUT2D eigenvalue weighted by Gasteiger charge is 2.34. The van der Waals surface area contributed by atoms with Gasteiger partial charge in [0.2, 0.25) is 5.91 Å². The van der Waals surface area contributed by atoms with E-state index in [-0.39, 0.29) is 17.9 Å². The molecule has 0 radical (unpaired) electrons. The zero-order valence-electron chi connectivity index (χ0n) is 14.4. The van der Waals surface area contributed by atoms with Crippen molar-refractivity contribution in [1.29, 1.82) is 0 Å². The van der Waals surface area contributed by atoms with Crippen molar-refractivity contribution in [1.82, 2.24) is 9.80 Å². The van der Waals surface area contributed by atoms with Gasteiger partial charge in [0, 0.05) is 37.8 Å². The predicted molar refractivity (Wildman–Crippen MR) is 88.4 cm³/mol. The molecule has 3 rings (SSSR count). The van der Waals surface area contributed by atoms with Gasteiger partial charge in [0.05, 0.1) is 12.0 Å². The molecule has 5 nitrogen and oxygen atoms in total. The van der Waals surface area contributed by atoms with Gasteiger partial charge in [0.1, 0.15) is 11.5 Å². The molecule has 2 heterocycles. The molecule has 1 amide bonds. The predicted octanol–water partition coefficient (Wildman–Crippen LogP) is 2.06. The Balaban J connectivity index is 1.58. The Labute approximate surface area is 138 Å². The smallest absolute Gasteiger partial charge is 0.230 e. The maximum atomic E-state index is 12.8. The fraction of sp³-hybridized carbons (Fsp3) is 0.722. The van der Waals surface area contributed by atoms with Gasteiger partial charge >= 0.3 is 0 Å². The van der Waals surface area contributed by atoms with E-state index in [1.807, 2.05) is 31.7 Å². The standard InChI is InChI=1S/C18H28N2O3/c1-12-11-15(14(3)23-12)13(2)18(22)20-9-7-19(8-10-20)16-5-4-6-17(16)21/h11,13,16-17,21H,4-10H2,1-3H3/t13-,16+,17+/m0/s1. The van der Waals surface area contributed by atoms with Crippen molar-refractivity contribution < 1.29 is 14.3 Å². The number of rotatable bonds is 3. The monoisotopic (exact) mass is 320 g/mol. The van der Waals surface area contributed by atoms with Gasteiger partial charge in [0.15, 0.2) is 0 Å². The molecule has 1 aromatic rings. The van der Waals surface area contributed by atoms with Crippen molar-refractivity contribution >= 4 is 5.91 Å². The summed E-state index contributed by atoms with van der Waals surface area (Å²) in [6.07, 6.45) is 2.92. The van der Waals surface area contributed by atoms with Gasteiger partial charge in [-0.15, -0.1) is 0 Å². The van der Waals surface area contributed by atoms with E-state index in [1.165, 1.54) is 0 Å². The number of nitrogens with zero attached hydrogens (tertiary/aromatic N) is 2. The van der Waals surface area contributed by atoms with Crippen LogP contribution in [0.1, 0.15) is 49.2 Å². The summed E-state index contributed by atoms with van der Waals surface area (Å²) in [5.74, 6) is 1.73. The Morgan fingerprint density at radius 1 is 1.26 bits per heavy atom. The number of furan rings is 1. The van der Waals surface area contributed by atoms with Gasteiger partial charge in [-0.3, -0.25) is 9.69 Å². The Kier molecular flexibility index (Phi) is 4.78. The number of aryl methyl sites for hydroxylation is 2. The lowest BCUT2D eigenvalue weighted by molar-refractivity contribution is -0.134. The van der Waals surface area contributed by atoms with Crippen LogP contribution in [0.4, 0.5) is 0 Å². The maximum absolute atomic E-state index is 12.8. The van der Waals surface area contributed by atoms with Crippen molar-refractivity contribution in [3.05, 3.63) is 23.2 Å². The van der Waals surface area contributed by atoms with Gasteiger partial charge in [-0.1, -0.05) is 0 Å². The van der Waals surface area contributed by atoms with Gasteiger partial charge in [-0.2, -0.15) is 0 Å². The highest BCUT2D eigenvalue weighted by Crippen LogP contribution is 2.27. The first kappa shape index (κ1) is 16.5. The van der Waals surface area contributed by atoms with Gasteiger partial charge in [0.25, 0.3) is 0 Å². The molecule has 0 spiro atoms. The summed E-state index contributed by atoms with van der Waals surface area (Å²) < 4.78 is 5.56. The summed E-state index contributed by atoms with van der Waals surface area (Å²) in [6, 6.07) is 2.27. The number of hydrogen-bond acceptors (Lipinski definition) is 4. The number of carbonyl (C=O) groups is 1. The Morgan fingerprint density at radius 3 is 2.48 bits per heavy atom. The van der Waals surface area contributed by atoms with E-state index in [4.69, 9.17) is 4.42 Å². The minimum Gasteiger partial charge on any atom is -0.466 e. The van der Waals surface area contributed by atoms with Crippen LogP contribution >= 0.6 is 0 Å². The average Bonchev–Trinajstić information content (AvgIpc) is 3.11. The maximum Gasteiger partial charge on any atom is 0.230 e. The summed E-state index contributed by atoms with van der Waals surface area (Å²) >= 11 is 0. The molecular formula is C18H28N2O3. The summed E-state index contributed by atoms with van der Waals surface area (Å²) in [5.41, 5.74) is 1.00. The van der Waals surface area contributed by atoms with Crippen molar-refractivity contribution in [3.63, 3.8) is 0 Å². The molecule has 1 aliphatic heterocycles. The lowest BCUT2D eigenvalue weighted by atomic mass is 9.99. The van der Waals surface area contributed by atoms with Crippen LogP contribution in [0.5, 0.6) is 0 Å². The van der Waals surface area contributed by atoms with Crippen molar-refractivity contribution in [2.24, 2.45) is 0 Å². The number of piperazine rings is 1. The average molecular weight is 320 g/mol. The van der Waals surface area contributed by atoms with Crippen molar-refractivity contribution in [3.8, 4) is 0 Å². The van der Waals surface area contributed by atoms with Crippen LogP contribution in [0.15, 0.2) is 10.5 Å². The molecule has 1 N–H and O–H groups in total. The summed E-state index contributed by atoms with van der Waals surface area (Å²) in [7, 11) is 0. The molecule has 128 valence electrons. The molecule has 0 bridgehead atoms. The Hall–Kier alpha value is -1.33. The second-order valence-corrected chi connectivity index (χ2v) is 7.02. The minimum atomic E-state index is -0.187. The van der Waals surface area contributed by atoms with Gasteiger partial charge < -0.3 is 14.4 Å². The molecule has 5 heteroatoms. The van der Waals surface area contributed by atoms with Gasteiger partial charge in [-0.05, 0) is 46.1 Å². The molecule has 0 unspecified atom stereocenters. The lowest BCUT2D eigenvalue weighted by Gasteiger charge is -2.39. The van der Waals surface area contributed by atoms with E-state index in [2.05, 4.69) is 4.90 Å². The largest absolute Gasteiger partial charge is 0.466 e. The molecule has 1 saturated heterocycles. The third-order valence-electron chi connectivity index (χ3n) is 5.46. The van der Waals surface area contributed by atoms with Crippen LogP contribution in [-0.2, 0) is 4.79 Å². The second-order valence-electron chi connectivity index (χ2n) is 7.02. The first-order valence-electron chi connectivity index (χ1n) is 8.75. The molecular weight excluding hydrogens is 292 g/mol. The Morgan fingerprint density at radius 2 is 1.96 bits per heavy atom. The third kappa shape index (κ3) is 3.31. The first-order valence-corrected chi connectivity index (χ1v) is 8.75. The molecule has 2 aliphatic rings. The summed E-state index contributed by atoms with van der Waals surface area (Å²) in [5, 5.41) is 10.1. The third-order valence-corrected chi connectivity index (χ3v) is 5.46. The number of aliphatic hydroxyl groups is 1. The zero-order chi connectivity index (χ0) is 16.6. The highest BCUT2D eigenvalue weighted by molar-refractivity contribution is 5.83. The normalized spacial score (nSPS) is 27.4. The van der Waals surface area contributed by atoms with Crippen LogP contribution in [0, 0.1) is 13.8 Å². The summed E-state index contributed by atoms with van der Waals surface area (Å²) in [4.78, 5) is 17.1. The van der Waals surface area contributed by atoms with Crippen molar-refractivity contribution in [2.45, 2.75) is 58.1 Å². The molecule has 1 aliphatic carbocycles. The quantitative estimate of drug-likeness (QED) is 0.926. The fourth-order valence-corrected chi connectivity index (χ4v) is 4.11. The molecule has 23 heavy (non-hydrogen) atoms. The first-order chi connectivity index (χ1) is 11.0.